The van der Waals surface area contributed by atoms with E-state index in [0.29, 0.717) is 35.2 Å². The van der Waals surface area contributed by atoms with Gasteiger partial charge in [0.15, 0.2) is 23.2 Å². The summed E-state index contributed by atoms with van der Waals surface area (Å²) in [6.45, 7) is 10.5. The van der Waals surface area contributed by atoms with Crippen LogP contribution < -0.4 is 4.89 Å². The molecule has 0 saturated carbocycles. The molecule has 4 rings (SSSR count). The molecule has 3 aromatic carbocycles. The lowest BCUT2D eigenvalue weighted by Crippen LogP contribution is -2.16. The molecule has 2 N–H and O–H groups in total. The molecule has 1 unspecified atom stereocenters. The molecular formula is C40H53N3O4. The molecule has 47 heavy (non-hydrogen) atoms. The van der Waals surface area contributed by atoms with E-state index < -0.39 is 6.10 Å². The van der Waals surface area contributed by atoms with Gasteiger partial charge in [-0.05, 0) is 57.4 Å². The quantitative estimate of drug-likeness (QED) is 0.0598. The van der Waals surface area contributed by atoms with Gasteiger partial charge >= 0.3 is 0 Å². The predicted molar refractivity (Wildman–Crippen MR) is 190 cm³/mol. The van der Waals surface area contributed by atoms with Gasteiger partial charge in [0.2, 0.25) is 0 Å². The molecule has 7 nitrogen and oxygen atoms in total. The Morgan fingerprint density at radius 2 is 1.06 bits per heavy atom. The minimum absolute atomic E-state index is 0.0445. The zero-order chi connectivity index (χ0) is 33.6. The number of hydrogen-bond donors (Lipinski definition) is 2. The number of aromatic hydroxyl groups is 1. The summed E-state index contributed by atoms with van der Waals surface area (Å²) in [5, 5.41) is 21.4. The van der Waals surface area contributed by atoms with Crippen LogP contribution in [0.25, 0.3) is 34.2 Å². The van der Waals surface area contributed by atoms with Crippen molar-refractivity contribution in [3.63, 3.8) is 0 Å². The molecule has 1 heterocycles. The summed E-state index contributed by atoms with van der Waals surface area (Å²) < 4.78 is 0. The fraction of sp³-hybridized carbons (Fsp3) is 0.475. The van der Waals surface area contributed by atoms with E-state index in [2.05, 4.69) is 32.9 Å². The number of aryl methyl sites for hydroxylation is 4. The average Bonchev–Trinajstić information content (AvgIpc) is 3.03. The van der Waals surface area contributed by atoms with E-state index in [1.807, 2.05) is 38.1 Å². The number of nitrogens with zero attached hydrogens (tertiary/aromatic N) is 3. The van der Waals surface area contributed by atoms with Crippen molar-refractivity contribution in [1.29, 1.82) is 0 Å². The maximum Gasteiger partial charge on any atom is 0.169 e. The number of phenols is 1. The fourth-order valence-corrected chi connectivity index (χ4v) is 5.93. The monoisotopic (exact) mass is 639 g/mol. The zero-order valence-corrected chi connectivity index (χ0v) is 29.0. The highest BCUT2D eigenvalue weighted by Crippen LogP contribution is 2.34. The van der Waals surface area contributed by atoms with Crippen molar-refractivity contribution >= 4 is 0 Å². The van der Waals surface area contributed by atoms with E-state index in [0.717, 1.165) is 46.2 Å². The summed E-state index contributed by atoms with van der Waals surface area (Å²) in [4.78, 5) is 25.2. The molecule has 0 amide bonds. The Bertz CT molecular complexity index is 1500. The number of phenolic OH excluding ortho intramolecular Hbond substituents is 1. The topological polar surface area (TPSA) is 97.6 Å². The first-order chi connectivity index (χ1) is 22.7. The number of rotatable bonds is 19. The van der Waals surface area contributed by atoms with Crippen molar-refractivity contribution in [3.8, 4) is 45.7 Å². The molecule has 0 spiro atoms. The van der Waals surface area contributed by atoms with Crippen molar-refractivity contribution in [2.75, 3.05) is 6.61 Å². The van der Waals surface area contributed by atoms with Crippen molar-refractivity contribution in [2.45, 2.75) is 118 Å². The Morgan fingerprint density at radius 3 is 1.55 bits per heavy atom. The van der Waals surface area contributed by atoms with E-state index in [-0.39, 0.29) is 12.4 Å². The van der Waals surface area contributed by atoms with Crippen LogP contribution in [-0.2, 0) is 4.89 Å². The van der Waals surface area contributed by atoms with Gasteiger partial charge in [-0.1, -0.05) is 125 Å². The van der Waals surface area contributed by atoms with Gasteiger partial charge in [0, 0.05) is 17.2 Å². The van der Waals surface area contributed by atoms with E-state index >= 15 is 0 Å². The Morgan fingerprint density at radius 1 is 0.596 bits per heavy atom. The van der Waals surface area contributed by atoms with Crippen LogP contribution in [-0.4, -0.2) is 37.9 Å². The molecule has 0 saturated heterocycles. The van der Waals surface area contributed by atoms with Crippen LogP contribution in [0.1, 0.15) is 106 Å². The van der Waals surface area contributed by atoms with Crippen molar-refractivity contribution in [1.82, 2.24) is 15.0 Å². The van der Waals surface area contributed by atoms with Crippen LogP contribution in [0.4, 0.5) is 0 Å². The van der Waals surface area contributed by atoms with Gasteiger partial charge in [-0.25, -0.2) is 15.0 Å². The highest BCUT2D eigenvalue weighted by molar-refractivity contribution is 5.72. The van der Waals surface area contributed by atoms with Crippen LogP contribution >= 0.6 is 0 Å². The second-order valence-corrected chi connectivity index (χ2v) is 13.0. The summed E-state index contributed by atoms with van der Waals surface area (Å²) >= 11 is 0. The molecule has 0 aliphatic carbocycles. The largest absolute Gasteiger partial charge is 0.507 e. The third-order valence-corrected chi connectivity index (χ3v) is 8.65. The first-order valence-electron chi connectivity index (χ1n) is 17.5. The van der Waals surface area contributed by atoms with Crippen molar-refractivity contribution in [3.05, 3.63) is 76.9 Å². The van der Waals surface area contributed by atoms with Crippen LogP contribution in [0.5, 0.6) is 11.5 Å². The lowest BCUT2D eigenvalue weighted by Gasteiger charge is -2.13. The average molecular weight is 640 g/mol. The molecule has 7 heteroatoms. The molecular weight excluding hydrogens is 586 g/mol. The van der Waals surface area contributed by atoms with Crippen LogP contribution in [0.15, 0.2) is 54.6 Å². The van der Waals surface area contributed by atoms with Crippen LogP contribution in [0, 0.1) is 27.7 Å². The second kappa shape index (κ2) is 18.5. The van der Waals surface area contributed by atoms with Gasteiger partial charge < -0.3 is 15.1 Å². The number of benzene rings is 3. The molecule has 0 fully saturated rings. The summed E-state index contributed by atoms with van der Waals surface area (Å²) in [5.41, 5.74) is 6.71. The molecule has 0 bridgehead atoms. The Labute approximate surface area is 281 Å². The highest BCUT2D eigenvalue weighted by atomic mass is 17.2. The minimum Gasteiger partial charge on any atom is -0.507 e. The van der Waals surface area contributed by atoms with E-state index in [1.54, 1.807) is 12.1 Å². The third kappa shape index (κ3) is 11.1. The summed E-state index contributed by atoms with van der Waals surface area (Å²) in [6.07, 6.45) is 14.1. The van der Waals surface area contributed by atoms with E-state index in [1.165, 1.54) is 63.9 Å². The summed E-state index contributed by atoms with van der Waals surface area (Å²) in [7, 11) is 0. The van der Waals surface area contributed by atoms with Crippen LogP contribution in [0.3, 0.4) is 0 Å². The Hall–Kier alpha value is -3.81. The SMILES string of the molecule is CCCCCCCCCCCCCC(O)COOc1ccc(-c2nc(-c3ccc(C)cc3C)nc(-c3ccc(C)cc3C)n2)c(O)c1. The second-order valence-electron chi connectivity index (χ2n) is 13.0. The number of unbranched alkanes of at least 4 members (excludes halogenated alkanes) is 10. The molecule has 4 aromatic rings. The smallest absolute Gasteiger partial charge is 0.169 e. The lowest BCUT2D eigenvalue weighted by atomic mass is 10.0. The molecule has 252 valence electrons. The number of hydrogen-bond acceptors (Lipinski definition) is 7. The first-order valence-corrected chi connectivity index (χ1v) is 17.5. The maximum absolute atomic E-state index is 11.0. The predicted octanol–water partition coefficient (Wildman–Crippen LogP) is 10.2. The van der Waals surface area contributed by atoms with Crippen molar-refractivity contribution in [2.24, 2.45) is 0 Å². The molecule has 1 aromatic heterocycles. The fourth-order valence-electron chi connectivity index (χ4n) is 5.93. The summed E-state index contributed by atoms with van der Waals surface area (Å²) in [6, 6.07) is 17.2. The van der Waals surface area contributed by atoms with Gasteiger partial charge in [0.05, 0.1) is 11.7 Å². The van der Waals surface area contributed by atoms with Gasteiger partial charge in [-0.15, -0.1) is 0 Å². The van der Waals surface area contributed by atoms with Gasteiger partial charge in [-0.2, -0.15) is 4.89 Å². The lowest BCUT2D eigenvalue weighted by molar-refractivity contribution is -0.224. The normalized spacial score (nSPS) is 12.0. The summed E-state index contributed by atoms with van der Waals surface area (Å²) in [5.74, 6) is 1.72. The number of aliphatic hydroxyl groups is 1. The molecule has 0 radical (unpaired) electrons. The highest BCUT2D eigenvalue weighted by Gasteiger charge is 2.18. The Balaban J connectivity index is 1.34. The standard InChI is InChI=1S/C40H53N3O4/c1-6-7-8-9-10-11-12-13-14-15-16-17-32(44)27-46-47-33-20-23-36(37(45)26-33)40-42-38(34-21-18-28(2)24-30(34)4)41-39(43-40)35-22-19-29(3)25-31(35)5/h18-26,32,44-45H,6-17,27H2,1-5H3. The maximum atomic E-state index is 11.0. The van der Waals surface area contributed by atoms with E-state index in [9.17, 15) is 10.2 Å². The van der Waals surface area contributed by atoms with Gasteiger partial charge in [-0.3, -0.25) is 0 Å². The minimum atomic E-state index is -0.598. The van der Waals surface area contributed by atoms with Gasteiger partial charge in [0.25, 0.3) is 0 Å². The van der Waals surface area contributed by atoms with Gasteiger partial charge in [0.1, 0.15) is 12.4 Å². The van der Waals surface area contributed by atoms with E-state index in [4.69, 9.17) is 24.7 Å². The molecule has 0 aliphatic rings. The molecule has 0 aliphatic heterocycles. The van der Waals surface area contributed by atoms with Crippen molar-refractivity contribution < 1.29 is 20.0 Å². The Kier molecular flexibility index (Phi) is 14.2. The number of aliphatic hydroxyl groups excluding tert-OH is 1. The number of aromatic nitrogens is 3. The van der Waals surface area contributed by atoms with Crippen LogP contribution in [0.2, 0.25) is 0 Å². The first kappa shape index (κ1) is 36.0. The third-order valence-electron chi connectivity index (χ3n) is 8.65. The molecule has 1 atom stereocenters. The zero-order valence-electron chi connectivity index (χ0n) is 29.0.